The summed E-state index contributed by atoms with van der Waals surface area (Å²) >= 11 is 0. The quantitative estimate of drug-likeness (QED) is 0.664. The Labute approximate surface area is 155 Å². The van der Waals surface area contributed by atoms with Crippen LogP contribution in [0.15, 0.2) is 72.8 Å². The highest BCUT2D eigenvalue weighted by molar-refractivity contribution is 5.92. The second kappa shape index (κ2) is 8.80. The molecule has 0 bridgehead atoms. The summed E-state index contributed by atoms with van der Waals surface area (Å²) in [5.74, 6) is -0.752. The Hall–Kier alpha value is -3.41. The Morgan fingerprint density at radius 1 is 0.889 bits per heavy atom. The van der Waals surface area contributed by atoms with Gasteiger partial charge in [0.25, 0.3) is 5.91 Å². The molecule has 0 radical (unpaired) electrons. The molecule has 27 heavy (non-hydrogen) atoms. The standard InChI is InChI=1S/C21H17F2NO3/c22-16-6-3-5-15(11-16)13-26-18-8-4-7-17(12-18)24-21(25)14-27-20-10-2-1-9-19(20)23/h1-12H,13-14H2,(H,24,25). The normalized spacial score (nSPS) is 10.3. The Kier molecular flexibility index (Phi) is 5.99. The van der Waals surface area contributed by atoms with Gasteiger partial charge in [0.05, 0.1) is 0 Å². The summed E-state index contributed by atoms with van der Waals surface area (Å²) in [5.41, 5.74) is 1.21. The summed E-state index contributed by atoms with van der Waals surface area (Å²) in [6.45, 7) is -0.124. The first-order valence-corrected chi connectivity index (χ1v) is 8.24. The van der Waals surface area contributed by atoms with Crippen LogP contribution in [0.5, 0.6) is 11.5 Å². The number of para-hydroxylation sites is 1. The van der Waals surface area contributed by atoms with Crippen molar-refractivity contribution in [3.63, 3.8) is 0 Å². The van der Waals surface area contributed by atoms with E-state index < -0.39 is 11.7 Å². The van der Waals surface area contributed by atoms with Crippen LogP contribution in [0, 0.1) is 11.6 Å². The second-order valence-electron chi connectivity index (χ2n) is 5.71. The Morgan fingerprint density at radius 2 is 1.70 bits per heavy atom. The Morgan fingerprint density at radius 3 is 2.52 bits per heavy atom. The minimum Gasteiger partial charge on any atom is -0.489 e. The van der Waals surface area contributed by atoms with Crippen LogP contribution in [0.3, 0.4) is 0 Å². The van der Waals surface area contributed by atoms with Crippen LogP contribution in [0.1, 0.15) is 5.56 Å². The van der Waals surface area contributed by atoms with Crippen LogP contribution in [0.2, 0.25) is 0 Å². The van der Waals surface area contributed by atoms with Crippen LogP contribution in [-0.2, 0) is 11.4 Å². The van der Waals surface area contributed by atoms with E-state index in [1.165, 1.54) is 30.3 Å². The molecular formula is C21H17F2NO3. The molecule has 0 aromatic heterocycles. The summed E-state index contributed by atoms with van der Waals surface area (Å²) in [6, 6.07) is 18.8. The molecule has 0 spiro atoms. The summed E-state index contributed by atoms with van der Waals surface area (Å²) in [5, 5.41) is 2.65. The number of hydrogen-bond donors (Lipinski definition) is 1. The zero-order chi connectivity index (χ0) is 19.1. The van der Waals surface area contributed by atoms with Gasteiger partial charge in [0.1, 0.15) is 18.2 Å². The number of halogens is 2. The maximum atomic E-state index is 13.5. The van der Waals surface area contributed by atoms with Crippen LogP contribution >= 0.6 is 0 Å². The number of nitrogens with one attached hydrogen (secondary N) is 1. The number of carbonyl (C=O) groups excluding carboxylic acids is 1. The molecule has 0 aliphatic carbocycles. The van der Waals surface area contributed by atoms with Gasteiger partial charge in [-0.25, -0.2) is 8.78 Å². The lowest BCUT2D eigenvalue weighted by molar-refractivity contribution is -0.118. The molecule has 6 heteroatoms. The lowest BCUT2D eigenvalue weighted by Gasteiger charge is -2.10. The first-order chi connectivity index (χ1) is 13.1. The Balaban J connectivity index is 1.53. The zero-order valence-electron chi connectivity index (χ0n) is 14.3. The number of carbonyl (C=O) groups is 1. The lowest BCUT2D eigenvalue weighted by Crippen LogP contribution is -2.20. The van der Waals surface area contributed by atoms with Gasteiger partial charge in [-0.05, 0) is 42.0 Å². The van der Waals surface area contributed by atoms with Crippen molar-refractivity contribution in [3.05, 3.63) is 90.0 Å². The summed E-state index contributed by atoms with van der Waals surface area (Å²) < 4.78 is 37.4. The van der Waals surface area contributed by atoms with Crippen molar-refractivity contribution in [1.82, 2.24) is 0 Å². The van der Waals surface area contributed by atoms with E-state index in [1.807, 2.05) is 0 Å². The van der Waals surface area contributed by atoms with Crippen molar-refractivity contribution in [1.29, 1.82) is 0 Å². The molecule has 0 saturated heterocycles. The van der Waals surface area contributed by atoms with Crippen molar-refractivity contribution in [2.24, 2.45) is 0 Å². The maximum Gasteiger partial charge on any atom is 0.262 e. The van der Waals surface area contributed by atoms with E-state index in [0.717, 1.165) is 0 Å². The number of ether oxygens (including phenoxy) is 2. The predicted molar refractivity (Wildman–Crippen MR) is 97.7 cm³/mol. The minimum absolute atomic E-state index is 0.0137. The minimum atomic E-state index is -0.530. The number of benzene rings is 3. The van der Waals surface area contributed by atoms with Crippen LogP contribution in [-0.4, -0.2) is 12.5 Å². The highest BCUT2D eigenvalue weighted by Crippen LogP contribution is 2.19. The number of rotatable bonds is 7. The van der Waals surface area contributed by atoms with Gasteiger partial charge in [-0.15, -0.1) is 0 Å². The van der Waals surface area contributed by atoms with E-state index in [1.54, 1.807) is 42.5 Å². The van der Waals surface area contributed by atoms with Crippen LogP contribution < -0.4 is 14.8 Å². The fourth-order valence-electron chi connectivity index (χ4n) is 2.36. The Bertz CT molecular complexity index is 931. The molecule has 3 aromatic carbocycles. The van der Waals surface area contributed by atoms with Gasteiger partial charge in [0.15, 0.2) is 18.2 Å². The van der Waals surface area contributed by atoms with E-state index in [9.17, 15) is 13.6 Å². The second-order valence-corrected chi connectivity index (χ2v) is 5.71. The molecule has 0 aliphatic heterocycles. The van der Waals surface area contributed by atoms with E-state index in [2.05, 4.69) is 5.32 Å². The highest BCUT2D eigenvalue weighted by Gasteiger charge is 2.07. The van der Waals surface area contributed by atoms with Crippen molar-refractivity contribution >= 4 is 11.6 Å². The molecular weight excluding hydrogens is 352 g/mol. The zero-order valence-corrected chi connectivity index (χ0v) is 14.3. The van der Waals surface area contributed by atoms with Gasteiger partial charge >= 0.3 is 0 Å². The van der Waals surface area contributed by atoms with Gasteiger partial charge in [-0.3, -0.25) is 4.79 Å². The summed E-state index contributed by atoms with van der Waals surface area (Å²) in [4.78, 5) is 12.0. The van der Waals surface area contributed by atoms with Gasteiger partial charge in [0.2, 0.25) is 0 Å². The summed E-state index contributed by atoms with van der Waals surface area (Å²) in [7, 11) is 0. The topological polar surface area (TPSA) is 47.6 Å². The van der Waals surface area contributed by atoms with Gasteiger partial charge in [0, 0.05) is 11.8 Å². The molecule has 0 fully saturated rings. The molecule has 0 heterocycles. The third kappa shape index (κ3) is 5.54. The molecule has 0 unspecified atom stereocenters. The smallest absolute Gasteiger partial charge is 0.262 e. The fourth-order valence-corrected chi connectivity index (χ4v) is 2.36. The lowest BCUT2D eigenvalue weighted by atomic mass is 10.2. The van der Waals surface area contributed by atoms with Gasteiger partial charge in [-0.2, -0.15) is 0 Å². The van der Waals surface area contributed by atoms with Gasteiger partial charge < -0.3 is 14.8 Å². The monoisotopic (exact) mass is 369 g/mol. The molecule has 3 aromatic rings. The highest BCUT2D eigenvalue weighted by atomic mass is 19.1. The summed E-state index contributed by atoms with van der Waals surface area (Å²) in [6.07, 6.45) is 0. The molecule has 3 rings (SSSR count). The number of amides is 1. The third-order valence-corrected chi connectivity index (χ3v) is 3.61. The first-order valence-electron chi connectivity index (χ1n) is 8.24. The molecule has 1 N–H and O–H groups in total. The van der Waals surface area contributed by atoms with E-state index in [4.69, 9.17) is 9.47 Å². The van der Waals surface area contributed by atoms with Crippen molar-refractivity contribution in [3.8, 4) is 11.5 Å². The predicted octanol–water partition coefficient (Wildman–Crippen LogP) is 4.56. The number of hydrogen-bond acceptors (Lipinski definition) is 3. The van der Waals surface area contributed by atoms with Crippen molar-refractivity contribution in [2.75, 3.05) is 11.9 Å². The van der Waals surface area contributed by atoms with Crippen molar-refractivity contribution in [2.45, 2.75) is 6.61 Å². The van der Waals surface area contributed by atoms with Gasteiger partial charge in [-0.1, -0.05) is 30.3 Å². The van der Waals surface area contributed by atoms with Crippen LogP contribution in [0.25, 0.3) is 0 Å². The molecule has 1 amide bonds. The fraction of sp³-hybridized carbons (Fsp3) is 0.0952. The molecule has 0 saturated carbocycles. The van der Waals surface area contributed by atoms with Crippen LogP contribution in [0.4, 0.5) is 14.5 Å². The largest absolute Gasteiger partial charge is 0.489 e. The third-order valence-electron chi connectivity index (χ3n) is 3.61. The van der Waals surface area contributed by atoms with E-state index in [0.29, 0.717) is 17.0 Å². The first kappa shape index (κ1) is 18.4. The SMILES string of the molecule is O=C(COc1ccccc1F)Nc1cccc(OCc2cccc(F)c2)c1. The molecule has 4 nitrogen and oxygen atoms in total. The molecule has 138 valence electrons. The molecule has 0 atom stereocenters. The van der Waals surface area contributed by atoms with E-state index >= 15 is 0 Å². The average molecular weight is 369 g/mol. The van der Waals surface area contributed by atoms with E-state index in [-0.39, 0.29) is 24.8 Å². The maximum absolute atomic E-state index is 13.5. The average Bonchev–Trinajstić information content (AvgIpc) is 2.66. The van der Waals surface area contributed by atoms with Crippen molar-refractivity contribution < 1.29 is 23.0 Å². The molecule has 0 aliphatic rings. The number of anilines is 1.